The number of amides is 2. The van der Waals surface area contributed by atoms with Crippen LogP contribution in [0, 0.1) is 6.92 Å². The summed E-state index contributed by atoms with van der Waals surface area (Å²) in [5.74, 6) is 0.651. The second-order valence-electron chi connectivity index (χ2n) is 6.57. The molecule has 1 fully saturated rings. The molecule has 1 saturated heterocycles. The highest BCUT2D eigenvalue weighted by Crippen LogP contribution is 2.21. The molecule has 0 bridgehead atoms. The maximum absolute atomic E-state index is 12.3. The summed E-state index contributed by atoms with van der Waals surface area (Å²) >= 11 is 1.18. The molecule has 2 aromatic rings. The van der Waals surface area contributed by atoms with Gasteiger partial charge in [0.2, 0.25) is 5.13 Å². The third-order valence-electron chi connectivity index (χ3n) is 4.22. The highest BCUT2D eigenvalue weighted by molar-refractivity contribution is 7.85. The molecule has 8 nitrogen and oxygen atoms in total. The molecule has 0 unspecified atom stereocenters. The van der Waals surface area contributed by atoms with Crippen LogP contribution in [0.2, 0.25) is 0 Å². The van der Waals surface area contributed by atoms with E-state index in [4.69, 9.17) is 4.18 Å². The summed E-state index contributed by atoms with van der Waals surface area (Å²) in [4.78, 5) is 18.2. The Morgan fingerprint density at radius 3 is 2.54 bits per heavy atom. The van der Waals surface area contributed by atoms with Crippen molar-refractivity contribution in [3.63, 3.8) is 0 Å². The van der Waals surface area contributed by atoms with Crippen LogP contribution < -0.4 is 5.32 Å². The average Bonchev–Trinajstić information content (AvgIpc) is 3.06. The molecule has 150 valence electrons. The van der Waals surface area contributed by atoms with E-state index in [2.05, 4.69) is 20.8 Å². The molecule has 0 radical (unpaired) electrons. The van der Waals surface area contributed by atoms with Crippen LogP contribution in [-0.4, -0.2) is 48.1 Å². The van der Waals surface area contributed by atoms with E-state index in [0.29, 0.717) is 24.0 Å². The molecule has 2 amide bonds. The van der Waals surface area contributed by atoms with Crippen LogP contribution in [0.15, 0.2) is 29.8 Å². The Bertz CT molecular complexity index is 958. The number of hydrogen-bond donors (Lipinski definition) is 1. The smallest absolute Gasteiger partial charge is 0.323 e. The third-order valence-corrected chi connectivity index (χ3v) is 5.49. The quantitative estimate of drug-likeness (QED) is 0.743. The lowest BCUT2D eigenvalue weighted by Gasteiger charge is -2.28. The monoisotopic (exact) mass is 422 g/mol. The van der Waals surface area contributed by atoms with Crippen molar-refractivity contribution in [1.82, 2.24) is 14.3 Å². The van der Waals surface area contributed by atoms with Crippen molar-refractivity contribution in [2.45, 2.75) is 26.4 Å². The van der Waals surface area contributed by atoms with Gasteiger partial charge < -0.3 is 4.90 Å². The zero-order valence-corrected chi connectivity index (χ0v) is 17.3. The zero-order chi connectivity index (χ0) is 20.1. The fourth-order valence-electron chi connectivity index (χ4n) is 2.78. The molecule has 3 rings (SSSR count). The minimum absolute atomic E-state index is 0.0356. The lowest BCUT2D eigenvalue weighted by molar-refractivity contribution is 0.208. The predicted molar refractivity (Wildman–Crippen MR) is 109 cm³/mol. The summed E-state index contributed by atoms with van der Waals surface area (Å²) in [6.07, 6.45) is 4.76. The summed E-state index contributed by atoms with van der Waals surface area (Å²) in [6, 6.07) is 7.43. The molecular formula is C18H22N4O4S2. The van der Waals surface area contributed by atoms with Gasteiger partial charge in [-0.25, -0.2) is 9.78 Å². The molecule has 0 atom stereocenters. The number of nitrogens with zero attached hydrogens (tertiary/aromatic N) is 3. The summed E-state index contributed by atoms with van der Waals surface area (Å²) in [6.45, 7) is 3.12. The second-order valence-corrected chi connectivity index (χ2v) is 8.97. The van der Waals surface area contributed by atoms with Gasteiger partial charge in [0.15, 0.2) is 0 Å². The van der Waals surface area contributed by atoms with Gasteiger partial charge in [0.05, 0.1) is 12.9 Å². The van der Waals surface area contributed by atoms with E-state index in [1.807, 2.05) is 24.3 Å². The lowest BCUT2D eigenvalue weighted by atomic mass is 10.0. The normalized spacial score (nSPS) is 14.8. The van der Waals surface area contributed by atoms with E-state index in [9.17, 15) is 13.2 Å². The van der Waals surface area contributed by atoms with Crippen molar-refractivity contribution < 1.29 is 17.4 Å². The minimum Gasteiger partial charge on any atom is -0.324 e. The first-order valence-corrected chi connectivity index (χ1v) is 11.4. The lowest BCUT2D eigenvalue weighted by Crippen LogP contribution is -2.39. The molecule has 2 heterocycles. The first kappa shape index (κ1) is 20.4. The summed E-state index contributed by atoms with van der Waals surface area (Å²) in [5, 5.41) is 3.30. The number of anilines is 1. The van der Waals surface area contributed by atoms with Gasteiger partial charge in [0.25, 0.3) is 10.1 Å². The average molecular weight is 423 g/mol. The van der Waals surface area contributed by atoms with Crippen LogP contribution in [0.3, 0.4) is 0 Å². The fraction of sp³-hybridized carbons (Fsp3) is 0.389. The fourth-order valence-corrected chi connectivity index (χ4v) is 3.70. The van der Waals surface area contributed by atoms with Crippen LogP contribution >= 0.6 is 11.5 Å². The third kappa shape index (κ3) is 6.11. The molecule has 1 N–H and O–H groups in total. The Morgan fingerprint density at radius 2 is 1.96 bits per heavy atom. The van der Waals surface area contributed by atoms with Crippen LogP contribution in [0.25, 0.3) is 6.08 Å². The van der Waals surface area contributed by atoms with E-state index in [1.165, 1.54) is 17.1 Å². The maximum atomic E-state index is 12.3. The minimum atomic E-state index is -3.44. The van der Waals surface area contributed by atoms with E-state index < -0.39 is 10.1 Å². The molecule has 0 saturated carbocycles. The second kappa shape index (κ2) is 8.80. The van der Waals surface area contributed by atoms with E-state index in [-0.39, 0.29) is 12.6 Å². The first-order valence-electron chi connectivity index (χ1n) is 8.77. The van der Waals surface area contributed by atoms with Crippen molar-refractivity contribution in [1.29, 1.82) is 0 Å². The predicted octanol–water partition coefficient (Wildman–Crippen LogP) is 3.03. The number of urea groups is 1. The van der Waals surface area contributed by atoms with Crippen molar-refractivity contribution >= 4 is 38.9 Å². The standard InChI is InChI=1S/C18H22N4O4S2/c1-13-19-17(27-21-13)20-18(23)22-9-7-15(8-10-22)11-14-3-5-16(6-4-14)12-26-28(2,24)25/h3-6,11H,7-10,12H2,1-2H3,(H,19,20,21,23). The molecule has 0 spiro atoms. The van der Waals surface area contributed by atoms with Gasteiger partial charge in [-0.15, -0.1) is 0 Å². The summed E-state index contributed by atoms with van der Waals surface area (Å²) < 4.78 is 30.9. The number of benzene rings is 1. The van der Waals surface area contributed by atoms with Crippen LogP contribution in [0.4, 0.5) is 9.93 Å². The molecule has 1 aliphatic heterocycles. The van der Waals surface area contributed by atoms with Gasteiger partial charge in [-0.05, 0) is 30.9 Å². The van der Waals surface area contributed by atoms with Crippen LogP contribution in [0.5, 0.6) is 0 Å². The number of nitrogens with one attached hydrogen (secondary N) is 1. The van der Waals surface area contributed by atoms with Gasteiger partial charge >= 0.3 is 6.03 Å². The van der Waals surface area contributed by atoms with E-state index in [1.54, 1.807) is 11.8 Å². The number of likely N-dealkylation sites (tertiary alicyclic amines) is 1. The van der Waals surface area contributed by atoms with Gasteiger partial charge in [0.1, 0.15) is 5.82 Å². The Hall–Kier alpha value is -2.30. The largest absolute Gasteiger partial charge is 0.324 e. The van der Waals surface area contributed by atoms with Crippen molar-refractivity contribution in [2.75, 3.05) is 24.7 Å². The van der Waals surface area contributed by atoms with Gasteiger partial charge in [-0.3, -0.25) is 9.50 Å². The Balaban J connectivity index is 1.51. The Morgan fingerprint density at radius 1 is 1.29 bits per heavy atom. The van der Waals surface area contributed by atoms with E-state index >= 15 is 0 Å². The van der Waals surface area contributed by atoms with E-state index in [0.717, 1.165) is 30.2 Å². The Labute approximate surface area is 168 Å². The van der Waals surface area contributed by atoms with Crippen molar-refractivity contribution in [2.24, 2.45) is 0 Å². The Kier molecular flexibility index (Phi) is 6.42. The van der Waals surface area contributed by atoms with Crippen molar-refractivity contribution in [3.05, 3.63) is 46.8 Å². The molecule has 0 aliphatic carbocycles. The molecule has 1 aromatic heterocycles. The molecular weight excluding hydrogens is 400 g/mol. The molecule has 28 heavy (non-hydrogen) atoms. The number of piperidine rings is 1. The number of rotatable bonds is 5. The molecule has 10 heteroatoms. The summed E-state index contributed by atoms with van der Waals surface area (Å²) in [7, 11) is -3.44. The zero-order valence-electron chi connectivity index (χ0n) is 15.7. The number of carbonyl (C=O) groups is 1. The highest BCUT2D eigenvalue weighted by Gasteiger charge is 2.20. The van der Waals surface area contributed by atoms with Crippen molar-refractivity contribution in [3.8, 4) is 0 Å². The molecule has 1 aromatic carbocycles. The highest BCUT2D eigenvalue weighted by atomic mass is 32.2. The summed E-state index contributed by atoms with van der Waals surface area (Å²) in [5.41, 5.74) is 3.11. The number of carbonyl (C=O) groups excluding carboxylic acids is 1. The number of aryl methyl sites for hydroxylation is 1. The van der Waals surface area contributed by atoms with Gasteiger partial charge in [-0.1, -0.05) is 35.9 Å². The van der Waals surface area contributed by atoms with Crippen LogP contribution in [-0.2, 0) is 20.9 Å². The molecule has 1 aliphatic rings. The SMILES string of the molecule is Cc1nsc(NC(=O)N2CCC(=Cc3ccc(COS(C)(=O)=O)cc3)CC2)n1. The van der Waals surface area contributed by atoms with Gasteiger partial charge in [-0.2, -0.15) is 12.8 Å². The van der Waals surface area contributed by atoms with Crippen LogP contribution in [0.1, 0.15) is 29.8 Å². The topological polar surface area (TPSA) is 101 Å². The maximum Gasteiger partial charge on any atom is 0.323 e. The first-order chi connectivity index (χ1) is 13.3. The number of hydrogen-bond acceptors (Lipinski definition) is 7. The number of aromatic nitrogens is 2. The van der Waals surface area contributed by atoms with Gasteiger partial charge in [0, 0.05) is 24.6 Å².